The van der Waals surface area contributed by atoms with E-state index in [0.717, 1.165) is 18.4 Å². The van der Waals surface area contributed by atoms with Gasteiger partial charge in [0.05, 0.1) is 0 Å². The van der Waals surface area contributed by atoms with Crippen molar-refractivity contribution < 1.29 is 9.90 Å². The fraction of sp³-hybridized carbons (Fsp3) is 0.160. The van der Waals surface area contributed by atoms with Crippen LogP contribution in [0.1, 0.15) is 28.0 Å². The van der Waals surface area contributed by atoms with Gasteiger partial charge in [-0.1, -0.05) is 53.5 Å². The molecule has 0 unspecified atom stereocenters. The van der Waals surface area contributed by atoms with Crippen molar-refractivity contribution in [3.05, 3.63) is 93.7 Å². The third kappa shape index (κ3) is 5.72. The van der Waals surface area contributed by atoms with Gasteiger partial charge in [0.1, 0.15) is 11.3 Å². The minimum absolute atomic E-state index is 0.0973. The van der Waals surface area contributed by atoms with Crippen molar-refractivity contribution in [1.82, 2.24) is 15.3 Å². The van der Waals surface area contributed by atoms with Crippen LogP contribution in [0.5, 0.6) is 5.75 Å². The minimum Gasteiger partial charge on any atom is -0.504 e. The fourth-order valence-corrected chi connectivity index (χ4v) is 4.11. The number of benzene rings is 2. The molecule has 4 aromatic rings. The Hall–Kier alpha value is -3.35. The summed E-state index contributed by atoms with van der Waals surface area (Å²) in [6, 6.07) is 18.8. The summed E-state index contributed by atoms with van der Waals surface area (Å²) in [5, 5.41) is 18.3. The van der Waals surface area contributed by atoms with Crippen molar-refractivity contribution in [2.45, 2.75) is 19.4 Å². The molecule has 6 nitrogen and oxygen atoms in total. The Labute approximate surface area is 201 Å². The largest absolute Gasteiger partial charge is 0.504 e. The van der Waals surface area contributed by atoms with Gasteiger partial charge in [-0.2, -0.15) is 0 Å². The first kappa shape index (κ1) is 22.8. The number of nitrogens with zero attached hydrogens (tertiary/aromatic N) is 2. The number of hydrogen-bond donors (Lipinski definition) is 3. The highest BCUT2D eigenvalue weighted by molar-refractivity contribution is 6.34. The Morgan fingerprint density at radius 2 is 1.73 bits per heavy atom. The summed E-state index contributed by atoms with van der Waals surface area (Å²) in [6.45, 7) is 0.832. The SMILES string of the molecule is O=C(NCc1cc(Cl)cc(Cl)c1)c1nc(NCCCc2ccccc2)c2cccnc2c1O. The molecular formula is C25H22Cl2N4O2. The molecule has 0 aliphatic carbocycles. The van der Waals surface area contributed by atoms with E-state index in [-0.39, 0.29) is 18.0 Å². The number of nitrogens with one attached hydrogen (secondary N) is 2. The van der Waals surface area contributed by atoms with Crippen LogP contribution >= 0.6 is 23.2 Å². The lowest BCUT2D eigenvalue weighted by Crippen LogP contribution is -2.24. The molecule has 168 valence electrons. The lowest BCUT2D eigenvalue weighted by atomic mass is 10.1. The van der Waals surface area contributed by atoms with E-state index in [4.69, 9.17) is 23.2 Å². The molecule has 0 bridgehead atoms. The summed E-state index contributed by atoms with van der Waals surface area (Å²) in [6.07, 6.45) is 3.36. The Balaban J connectivity index is 1.51. The van der Waals surface area contributed by atoms with Gasteiger partial charge in [0, 0.05) is 34.7 Å². The van der Waals surface area contributed by atoms with Gasteiger partial charge in [0.15, 0.2) is 11.4 Å². The zero-order chi connectivity index (χ0) is 23.2. The number of rotatable bonds is 8. The van der Waals surface area contributed by atoms with Crippen molar-refractivity contribution >= 4 is 45.8 Å². The first-order valence-electron chi connectivity index (χ1n) is 10.5. The summed E-state index contributed by atoms with van der Waals surface area (Å²) >= 11 is 12.1. The number of anilines is 1. The van der Waals surface area contributed by atoms with Gasteiger partial charge in [-0.3, -0.25) is 9.78 Å². The normalized spacial score (nSPS) is 10.8. The first-order valence-corrected chi connectivity index (χ1v) is 11.3. The zero-order valence-corrected chi connectivity index (χ0v) is 19.2. The number of amides is 1. The number of aromatic nitrogens is 2. The number of pyridine rings is 2. The van der Waals surface area contributed by atoms with Gasteiger partial charge in [-0.25, -0.2) is 4.98 Å². The summed E-state index contributed by atoms with van der Waals surface area (Å²) in [7, 11) is 0. The summed E-state index contributed by atoms with van der Waals surface area (Å²) in [4.78, 5) is 21.5. The molecule has 2 aromatic carbocycles. The van der Waals surface area contributed by atoms with Gasteiger partial charge in [-0.15, -0.1) is 0 Å². The second-order valence-corrected chi connectivity index (χ2v) is 8.41. The lowest BCUT2D eigenvalue weighted by Gasteiger charge is -2.13. The maximum Gasteiger partial charge on any atom is 0.274 e. The molecule has 33 heavy (non-hydrogen) atoms. The van der Waals surface area contributed by atoms with E-state index in [9.17, 15) is 9.90 Å². The van der Waals surface area contributed by atoms with Crippen LogP contribution in [0, 0.1) is 0 Å². The summed E-state index contributed by atoms with van der Waals surface area (Å²) in [5.74, 6) is -0.287. The smallest absolute Gasteiger partial charge is 0.274 e. The number of aromatic hydroxyl groups is 1. The quantitative estimate of drug-likeness (QED) is 0.285. The number of carbonyl (C=O) groups excluding carboxylic acids is 1. The van der Waals surface area contributed by atoms with Gasteiger partial charge in [-0.05, 0) is 54.3 Å². The molecule has 0 atom stereocenters. The van der Waals surface area contributed by atoms with Crippen LogP contribution in [0.2, 0.25) is 10.0 Å². The molecule has 0 saturated heterocycles. The number of hydrogen-bond acceptors (Lipinski definition) is 5. The Morgan fingerprint density at radius 1 is 0.970 bits per heavy atom. The molecule has 0 aliphatic rings. The van der Waals surface area contributed by atoms with Crippen LogP contribution in [0.4, 0.5) is 5.82 Å². The maximum absolute atomic E-state index is 12.9. The van der Waals surface area contributed by atoms with Crippen LogP contribution < -0.4 is 10.6 Å². The van der Waals surface area contributed by atoms with E-state index < -0.39 is 5.91 Å². The van der Waals surface area contributed by atoms with Crippen molar-refractivity contribution in [3.63, 3.8) is 0 Å². The van der Waals surface area contributed by atoms with Gasteiger partial charge < -0.3 is 15.7 Å². The second kappa shape index (κ2) is 10.5. The highest BCUT2D eigenvalue weighted by Gasteiger charge is 2.20. The van der Waals surface area contributed by atoms with Crippen LogP contribution in [0.15, 0.2) is 66.9 Å². The number of halogens is 2. The molecule has 0 radical (unpaired) electrons. The van der Waals surface area contributed by atoms with Crippen LogP contribution in [0.25, 0.3) is 10.9 Å². The lowest BCUT2D eigenvalue weighted by molar-refractivity contribution is 0.0943. The predicted molar refractivity (Wildman–Crippen MR) is 132 cm³/mol. The molecule has 2 heterocycles. The Morgan fingerprint density at radius 3 is 2.48 bits per heavy atom. The van der Waals surface area contributed by atoms with Crippen LogP contribution in [-0.4, -0.2) is 27.5 Å². The van der Waals surface area contributed by atoms with Crippen molar-refractivity contribution in [3.8, 4) is 5.75 Å². The minimum atomic E-state index is -0.525. The average molecular weight is 481 g/mol. The summed E-state index contributed by atoms with van der Waals surface area (Å²) in [5.41, 5.74) is 2.21. The third-order valence-corrected chi connectivity index (χ3v) is 5.54. The molecule has 0 saturated carbocycles. The highest BCUT2D eigenvalue weighted by Crippen LogP contribution is 2.30. The molecule has 8 heteroatoms. The molecule has 0 aliphatic heterocycles. The van der Waals surface area contributed by atoms with E-state index in [1.54, 1.807) is 30.5 Å². The second-order valence-electron chi connectivity index (χ2n) is 7.53. The highest BCUT2D eigenvalue weighted by atomic mass is 35.5. The van der Waals surface area contributed by atoms with E-state index in [1.807, 2.05) is 24.3 Å². The first-order chi connectivity index (χ1) is 16.0. The van der Waals surface area contributed by atoms with E-state index in [0.29, 0.717) is 33.3 Å². The Bertz CT molecular complexity index is 1260. The molecule has 3 N–H and O–H groups in total. The van der Waals surface area contributed by atoms with E-state index >= 15 is 0 Å². The number of aryl methyl sites for hydroxylation is 1. The van der Waals surface area contributed by atoms with Gasteiger partial charge in [0.25, 0.3) is 5.91 Å². The van der Waals surface area contributed by atoms with Crippen LogP contribution in [-0.2, 0) is 13.0 Å². The van der Waals surface area contributed by atoms with Crippen molar-refractivity contribution in [1.29, 1.82) is 0 Å². The molecule has 4 rings (SSSR count). The van der Waals surface area contributed by atoms with Crippen molar-refractivity contribution in [2.24, 2.45) is 0 Å². The number of carbonyl (C=O) groups is 1. The van der Waals surface area contributed by atoms with E-state index in [2.05, 4.69) is 32.7 Å². The zero-order valence-electron chi connectivity index (χ0n) is 17.7. The molecule has 2 aromatic heterocycles. The molecular weight excluding hydrogens is 459 g/mol. The summed E-state index contributed by atoms with van der Waals surface area (Å²) < 4.78 is 0. The maximum atomic E-state index is 12.9. The molecule has 0 spiro atoms. The standard InChI is InChI=1S/C25H22Cl2N4O2/c26-18-12-17(13-19(27)14-18)15-30-25(33)22-23(32)21-20(9-5-10-28-21)24(31-22)29-11-4-8-16-6-2-1-3-7-16/h1-3,5-7,9-10,12-14,32H,4,8,11,15H2,(H,29,31)(H,30,33). The fourth-order valence-electron chi connectivity index (χ4n) is 3.54. The van der Waals surface area contributed by atoms with Crippen LogP contribution in [0.3, 0.4) is 0 Å². The molecule has 1 amide bonds. The Kier molecular flexibility index (Phi) is 7.27. The van der Waals surface area contributed by atoms with Gasteiger partial charge >= 0.3 is 0 Å². The van der Waals surface area contributed by atoms with E-state index in [1.165, 1.54) is 5.56 Å². The third-order valence-electron chi connectivity index (χ3n) is 5.10. The average Bonchev–Trinajstić information content (AvgIpc) is 2.82. The topological polar surface area (TPSA) is 87.1 Å². The number of fused-ring (bicyclic) bond motifs is 1. The van der Waals surface area contributed by atoms with Gasteiger partial charge in [0.2, 0.25) is 0 Å². The van der Waals surface area contributed by atoms with Crippen molar-refractivity contribution in [2.75, 3.05) is 11.9 Å². The predicted octanol–water partition coefficient (Wildman–Crippen LogP) is 5.62. The monoisotopic (exact) mass is 480 g/mol. The molecule has 0 fully saturated rings.